The standard InChI is InChI=1S/C14H17FO3/c15-12-3-1-2-4-13(12)18-11-5-7-17-14(9-11)6-8-16-10-14/h1-4,11H,5-10H2. The molecule has 0 aliphatic carbocycles. The summed E-state index contributed by atoms with van der Waals surface area (Å²) in [7, 11) is 0. The van der Waals surface area contributed by atoms with Gasteiger partial charge in [-0.15, -0.1) is 0 Å². The zero-order valence-electron chi connectivity index (χ0n) is 10.2. The van der Waals surface area contributed by atoms with E-state index in [9.17, 15) is 4.39 Å². The van der Waals surface area contributed by atoms with Crippen molar-refractivity contribution in [1.29, 1.82) is 0 Å². The van der Waals surface area contributed by atoms with E-state index < -0.39 is 0 Å². The van der Waals surface area contributed by atoms with Crippen LogP contribution in [0.4, 0.5) is 4.39 Å². The Hall–Kier alpha value is -1.13. The molecule has 2 saturated heterocycles. The molecule has 0 saturated carbocycles. The summed E-state index contributed by atoms with van der Waals surface area (Å²) in [5.41, 5.74) is -0.200. The van der Waals surface area contributed by atoms with E-state index in [1.54, 1.807) is 18.2 Å². The molecule has 0 N–H and O–H groups in total. The van der Waals surface area contributed by atoms with E-state index in [-0.39, 0.29) is 17.5 Å². The molecule has 3 rings (SSSR count). The van der Waals surface area contributed by atoms with E-state index >= 15 is 0 Å². The molecule has 4 heteroatoms. The summed E-state index contributed by atoms with van der Waals surface area (Å²) in [6, 6.07) is 6.54. The fourth-order valence-electron chi connectivity index (χ4n) is 2.67. The molecular formula is C14H17FO3. The van der Waals surface area contributed by atoms with Gasteiger partial charge in [0, 0.05) is 25.9 Å². The van der Waals surface area contributed by atoms with Crippen molar-refractivity contribution in [3.8, 4) is 5.75 Å². The monoisotopic (exact) mass is 252 g/mol. The molecule has 0 amide bonds. The predicted molar refractivity (Wildman–Crippen MR) is 64.2 cm³/mol. The van der Waals surface area contributed by atoms with Gasteiger partial charge >= 0.3 is 0 Å². The molecule has 98 valence electrons. The van der Waals surface area contributed by atoms with Gasteiger partial charge in [-0.3, -0.25) is 0 Å². The van der Waals surface area contributed by atoms with Crippen molar-refractivity contribution in [3.63, 3.8) is 0 Å². The number of hydrogen-bond acceptors (Lipinski definition) is 3. The van der Waals surface area contributed by atoms with E-state index in [2.05, 4.69) is 0 Å². The lowest BCUT2D eigenvalue weighted by Gasteiger charge is -2.37. The van der Waals surface area contributed by atoms with Gasteiger partial charge in [-0.1, -0.05) is 12.1 Å². The fraction of sp³-hybridized carbons (Fsp3) is 0.571. The number of halogens is 1. The van der Waals surface area contributed by atoms with Gasteiger partial charge in [-0.2, -0.15) is 0 Å². The highest BCUT2D eigenvalue weighted by atomic mass is 19.1. The minimum atomic E-state index is -0.305. The number of benzene rings is 1. The largest absolute Gasteiger partial charge is 0.487 e. The highest BCUT2D eigenvalue weighted by Crippen LogP contribution is 2.34. The minimum absolute atomic E-state index is 0.0114. The molecule has 1 aromatic carbocycles. The summed E-state index contributed by atoms with van der Waals surface area (Å²) in [6.45, 7) is 2.03. The molecule has 2 unspecified atom stereocenters. The van der Waals surface area contributed by atoms with E-state index in [0.717, 1.165) is 25.9 Å². The van der Waals surface area contributed by atoms with Crippen LogP contribution in [0, 0.1) is 5.82 Å². The molecule has 2 atom stereocenters. The maximum absolute atomic E-state index is 13.5. The second-order valence-electron chi connectivity index (χ2n) is 5.00. The number of hydrogen-bond donors (Lipinski definition) is 0. The minimum Gasteiger partial charge on any atom is -0.487 e. The van der Waals surface area contributed by atoms with Crippen LogP contribution in [0.5, 0.6) is 5.75 Å². The molecular weight excluding hydrogens is 235 g/mol. The molecule has 0 aromatic heterocycles. The van der Waals surface area contributed by atoms with Crippen molar-refractivity contribution in [2.45, 2.75) is 31.0 Å². The van der Waals surface area contributed by atoms with Crippen molar-refractivity contribution in [3.05, 3.63) is 30.1 Å². The zero-order chi connectivity index (χ0) is 12.4. The number of ether oxygens (including phenoxy) is 3. The highest BCUT2D eigenvalue weighted by molar-refractivity contribution is 5.24. The van der Waals surface area contributed by atoms with Crippen LogP contribution < -0.4 is 4.74 Å². The molecule has 3 nitrogen and oxygen atoms in total. The average Bonchev–Trinajstić information content (AvgIpc) is 2.80. The van der Waals surface area contributed by atoms with Crippen LogP contribution in [-0.4, -0.2) is 31.5 Å². The molecule has 1 spiro atoms. The lowest BCUT2D eigenvalue weighted by atomic mass is 9.91. The summed E-state index contributed by atoms with van der Waals surface area (Å²) in [6.07, 6.45) is 2.50. The third-order valence-corrected chi connectivity index (χ3v) is 3.65. The Morgan fingerprint density at radius 2 is 2.17 bits per heavy atom. The van der Waals surface area contributed by atoms with Crippen LogP contribution in [-0.2, 0) is 9.47 Å². The summed E-state index contributed by atoms with van der Waals surface area (Å²) in [5, 5.41) is 0. The van der Waals surface area contributed by atoms with E-state index in [1.807, 2.05) is 0 Å². The van der Waals surface area contributed by atoms with E-state index in [1.165, 1.54) is 6.07 Å². The number of rotatable bonds is 2. The summed E-state index contributed by atoms with van der Waals surface area (Å²) < 4.78 is 30.5. The molecule has 0 bridgehead atoms. The van der Waals surface area contributed by atoms with Crippen molar-refractivity contribution in [1.82, 2.24) is 0 Å². The van der Waals surface area contributed by atoms with Crippen LogP contribution in [0.1, 0.15) is 19.3 Å². The molecule has 2 aliphatic heterocycles. The third-order valence-electron chi connectivity index (χ3n) is 3.65. The lowest BCUT2D eigenvalue weighted by molar-refractivity contribution is -0.112. The maximum atomic E-state index is 13.5. The topological polar surface area (TPSA) is 27.7 Å². The number of para-hydroxylation sites is 1. The first kappa shape index (κ1) is 11.9. The van der Waals surface area contributed by atoms with Gasteiger partial charge < -0.3 is 14.2 Å². The van der Waals surface area contributed by atoms with Crippen molar-refractivity contribution < 1.29 is 18.6 Å². The van der Waals surface area contributed by atoms with E-state index in [0.29, 0.717) is 19.0 Å². The van der Waals surface area contributed by atoms with Crippen molar-refractivity contribution in [2.24, 2.45) is 0 Å². The van der Waals surface area contributed by atoms with Gasteiger partial charge in [-0.05, 0) is 12.1 Å². The summed E-state index contributed by atoms with van der Waals surface area (Å²) in [5.74, 6) is 0.0270. The van der Waals surface area contributed by atoms with Gasteiger partial charge in [-0.25, -0.2) is 4.39 Å². The third kappa shape index (κ3) is 2.35. The first-order valence-electron chi connectivity index (χ1n) is 6.40. The van der Waals surface area contributed by atoms with Crippen LogP contribution in [0.3, 0.4) is 0 Å². The Bertz CT molecular complexity index is 415. The van der Waals surface area contributed by atoms with E-state index in [4.69, 9.17) is 14.2 Å². The Balaban J connectivity index is 1.68. The van der Waals surface area contributed by atoms with Gasteiger partial charge in [0.1, 0.15) is 6.10 Å². The van der Waals surface area contributed by atoms with Crippen molar-refractivity contribution in [2.75, 3.05) is 19.8 Å². The molecule has 1 aromatic rings. The molecule has 0 radical (unpaired) electrons. The first-order chi connectivity index (χ1) is 8.77. The lowest BCUT2D eigenvalue weighted by Crippen LogP contribution is -2.44. The quantitative estimate of drug-likeness (QED) is 0.809. The average molecular weight is 252 g/mol. The second-order valence-corrected chi connectivity index (χ2v) is 5.00. The maximum Gasteiger partial charge on any atom is 0.165 e. The van der Waals surface area contributed by atoms with Crippen LogP contribution >= 0.6 is 0 Å². The summed E-state index contributed by atoms with van der Waals surface area (Å²) >= 11 is 0. The SMILES string of the molecule is Fc1ccccc1OC1CCOC2(CCOC2)C1. The molecule has 2 heterocycles. The Morgan fingerprint density at radius 3 is 2.94 bits per heavy atom. The van der Waals surface area contributed by atoms with Crippen LogP contribution in [0.25, 0.3) is 0 Å². The first-order valence-corrected chi connectivity index (χ1v) is 6.40. The van der Waals surface area contributed by atoms with Crippen LogP contribution in [0.15, 0.2) is 24.3 Å². The Kier molecular flexibility index (Phi) is 3.22. The van der Waals surface area contributed by atoms with Gasteiger partial charge in [0.25, 0.3) is 0 Å². The van der Waals surface area contributed by atoms with Gasteiger partial charge in [0.15, 0.2) is 11.6 Å². The van der Waals surface area contributed by atoms with Gasteiger partial charge in [0.2, 0.25) is 0 Å². The molecule has 2 aliphatic rings. The normalized spacial score (nSPS) is 31.7. The second kappa shape index (κ2) is 4.86. The Morgan fingerprint density at radius 1 is 1.28 bits per heavy atom. The summed E-state index contributed by atoms with van der Waals surface area (Å²) in [4.78, 5) is 0. The van der Waals surface area contributed by atoms with Crippen molar-refractivity contribution >= 4 is 0 Å². The van der Waals surface area contributed by atoms with Crippen LogP contribution in [0.2, 0.25) is 0 Å². The highest BCUT2D eigenvalue weighted by Gasteiger charge is 2.41. The Labute approximate surface area is 106 Å². The fourth-order valence-corrected chi connectivity index (χ4v) is 2.67. The molecule has 18 heavy (non-hydrogen) atoms. The predicted octanol–water partition coefficient (Wildman–Crippen LogP) is 2.54. The smallest absolute Gasteiger partial charge is 0.165 e. The molecule has 2 fully saturated rings. The zero-order valence-corrected chi connectivity index (χ0v) is 10.2. The van der Waals surface area contributed by atoms with Gasteiger partial charge in [0.05, 0.1) is 18.8 Å².